The second kappa shape index (κ2) is 9.05. The maximum absolute atomic E-state index is 6.03. The van der Waals surface area contributed by atoms with E-state index in [2.05, 4.69) is 23.7 Å². The van der Waals surface area contributed by atoms with Gasteiger partial charge in [0.05, 0.1) is 11.2 Å². The van der Waals surface area contributed by atoms with Crippen molar-refractivity contribution in [2.45, 2.75) is 71.4 Å². The molecule has 0 aliphatic carbocycles. The van der Waals surface area contributed by atoms with Gasteiger partial charge in [-0.1, -0.05) is 11.8 Å². The lowest BCUT2D eigenvalue weighted by Crippen LogP contribution is -2.41. The van der Waals surface area contributed by atoms with Crippen LogP contribution in [0.25, 0.3) is 0 Å². The van der Waals surface area contributed by atoms with E-state index in [1.54, 1.807) is 5.01 Å². The van der Waals surface area contributed by atoms with Crippen molar-refractivity contribution in [2.24, 2.45) is 5.10 Å². The Hall–Kier alpha value is -1.33. The second-order valence-corrected chi connectivity index (χ2v) is 7.66. The van der Waals surface area contributed by atoms with E-state index in [-0.39, 0.29) is 17.5 Å². The summed E-state index contributed by atoms with van der Waals surface area (Å²) in [6.07, 6.45) is 4.94. The largest absolute Gasteiger partial charge is 0.491 e. The van der Waals surface area contributed by atoms with Gasteiger partial charge in [0.1, 0.15) is 13.2 Å². The molecule has 2 heterocycles. The summed E-state index contributed by atoms with van der Waals surface area (Å²) in [5.41, 5.74) is 0.194. The predicted octanol–water partition coefficient (Wildman–Crippen LogP) is 2.99. The Labute approximate surface area is 158 Å². The molecule has 2 rings (SSSR count). The van der Waals surface area contributed by atoms with Crippen molar-refractivity contribution in [2.75, 3.05) is 19.8 Å². The first kappa shape index (κ1) is 21.0. The standard InChI is InChI=1S/C19H31BN2O4/c1-16(20-25-18(2,3)19(4,5)26-20)15-22(21-6)12-8-10-14-24-17-11-7-9-13-23-17/h15,17H,6-7,9,11-14H2,1-5H3/b16-15+. The van der Waals surface area contributed by atoms with Crippen molar-refractivity contribution in [3.05, 3.63) is 11.7 Å². The fourth-order valence-electron chi connectivity index (χ4n) is 2.63. The lowest BCUT2D eigenvalue weighted by atomic mass is 9.80. The summed E-state index contributed by atoms with van der Waals surface area (Å²) in [4.78, 5) is 0. The van der Waals surface area contributed by atoms with Gasteiger partial charge in [-0.3, -0.25) is 5.01 Å². The zero-order chi connectivity index (χ0) is 19.2. The molecule has 2 fully saturated rings. The van der Waals surface area contributed by atoms with Crippen molar-refractivity contribution >= 4 is 13.8 Å². The quantitative estimate of drug-likeness (QED) is 0.315. The minimum absolute atomic E-state index is 0.114. The average Bonchev–Trinajstić information content (AvgIpc) is 2.82. The molecule has 0 spiro atoms. The monoisotopic (exact) mass is 362 g/mol. The molecular weight excluding hydrogens is 331 g/mol. The van der Waals surface area contributed by atoms with Crippen LogP contribution in [0.5, 0.6) is 0 Å². The molecule has 1 atom stereocenters. The zero-order valence-electron chi connectivity index (χ0n) is 16.7. The SMILES string of the molecule is C=NN(/C=C(\C)B1OC(C)(C)C(C)(C)O1)CC#CCOC1CCCCO1. The van der Waals surface area contributed by atoms with Gasteiger partial charge < -0.3 is 18.8 Å². The molecule has 0 aromatic heterocycles. The summed E-state index contributed by atoms with van der Waals surface area (Å²) in [7, 11) is -0.399. The van der Waals surface area contributed by atoms with E-state index in [1.165, 1.54) is 0 Å². The van der Waals surface area contributed by atoms with Crippen LogP contribution < -0.4 is 0 Å². The van der Waals surface area contributed by atoms with Gasteiger partial charge in [0.15, 0.2) is 6.29 Å². The fraction of sp³-hybridized carbons (Fsp3) is 0.737. The first-order chi connectivity index (χ1) is 12.2. The Morgan fingerprint density at radius 3 is 2.54 bits per heavy atom. The topological polar surface area (TPSA) is 52.5 Å². The Kier molecular flexibility index (Phi) is 7.30. The van der Waals surface area contributed by atoms with E-state index in [0.29, 0.717) is 13.2 Å². The number of hydrazone groups is 1. The van der Waals surface area contributed by atoms with Gasteiger partial charge in [-0.05, 0) is 59.4 Å². The molecule has 2 aliphatic heterocycles. The van der Waals surface area contributed by atoms with Gasteiger partial charge in [-0.15, -0.1) is 0 Å². The molecule has 0 amide bonds. The van der Waals surface area contributed by atoms with Crippen LogP contribution >= 0.6 is 0 Å². The highest BCUT2D eigenvalue weighted by Gasteiger charge is 2.51. The molecule has 0 N–H and O–H groups in total. The summed E-state index contributed by atoms with van der Waals surface area (Å²) in [6.45, 7) is 15.2. The van der Waals surface area contributed by atoms with Crippen LogP contribution in [0, 0.1) is 11.8 Å². The molecule has 1 unspecified atom stereocenters. The highest BCUT2D eigenvalue weighted by atomic mass is 16.7. The van der Waals surface area contributed by atoms with Crippen molar-refractivity contribution in [1.82, 2.24) is 5.01 Å². The number of hydrogen-bond acceptors (Lipinski definition) is 6. The molecule has 0 aromatic rings. The van der Waals surface area contributed by atoms with Gasteiger partial charge in [0.2, 0.25) is 0 Å². The van der Waals surface area contributed by atoms with Crippen LogP contribution in [0.15, 0.2) is 16.8 Å². The lowest BCUT2D eigenvalue weighted by molar-refractivity contribution is -0.154. The minimum atomic E-state index is -0.399. The average molecular weight is 362 g/mol. The number of hydrogen-bond donors (Lipinski definition) is 0. The van der Waals surface area contributed by atoms with Crippen molar-refractivity contribution in [1.29, 1.82) is 0 Å². The van der Waals surface area contributed by atoms with Crippen molar-refractivity contribution in [3.63, 3.8) is 0 Å². The van der Waals surface area contributed by atoms with Crippen LogP contribution in [0.3, 0.4) is 0 Å². The Morgan fingerprint density at radius 1 is 1.27 bits per heavy atom. The van der Waals surface area contributed by atoms with E-state index >= 15 is 0 Å². The lowest BCUT2D eigenvalue weighted by Gasteiger charge is -2.32. The van der Waals surface area contributed by atoms with Crippen LogP contribution in [0.2, 0.25) is 0 Å². The van der Waals surface area contributed by atoms with Crippen LogP contribution in [-0.4, -0.2) is 56.1 Å². The second-order valence-electron chi connectivity index (χ2n) is 7.66. The molecule has 0 bridgehead atoms. The third-order valence-corrected chi connectivity index (χ3v) is 5.00. The van der Waals surface area contributed by atoms with Gasteiger partial charge in [-0.2, -0.15) is 5.10 Å². The number of nitrogens with zero attached hydrogens (tertiary/aromatic N) is 2. The predicted molar refractivity (Wildman–Crippen MR) is 103 cm³/mol. The molecule has 7 heteroatoms. The van der Waals surface area contributed by atoms with E-state index in [0.717, 1.165) is 31.3 Å². The van der Waals surface area contributed by atoms with Gasteiger partial charge in [-0.25, -0.2) is 0 Å². The fourth-order valence-corrected chi connectivity index (χ4v) is 2.63. The molecule has 0 saturated carbocycles. The van der Waals surface area contributed by atoms with Gasteiger partial charge in [0.25, 0.3) is 0 Å². The highest BCUT2D eigenvalue weighted by Crippen LogP contribution is 2.38. The first-order valence-electron chi connectivity index (χ1n) is 9.21. The summed E-state index contributed by atoms with van der Waals surface area (Å²) in [6, 6.07) is 0. The van der Waals surface area contributed by atoms with Crippen molar-refractivity contribution in [3.8, 4) is 11.8 Å². The van der Waals surface area contributed by atoms with Crippen LogP contribution in [-0.2, 0) is 18.8 Å². The van der Waals surface area contributed by atoms with Gasteiger partial charge >= 0.3 is 7.12 Å². The number of ether oxygens (including phenoxy) is 2. The van der Waals surface area contributed by atoms with Crippen molar-refractivity contribution < 1.29 is 18.8 Å². The molecule has 2 saturated heterocycles. The van der Waals surface area contributed by atoms with E-state index in [1.807, 2.05) is 40.8 Å². The molecule has 0 radical (unpaired) electrons. The third kappa shape index (κ3) is 5.58. The molecular formula is C19H31BN2O4. The molecule has 26 heavy (non-hydrogen) atoms. The third-order valence-electron chi connectivity index (χ3n) is 5.00. The molecule has 0 aromatic carbocycles. The summed E-state index contributed by atoms with van der Waals surface area (Å²) in [5, 5.41) is 5.66. The number of rotatable bonds is 6. The molecule has 144 valence electrons. The summed E-state index contributed by atoms with van der Waals surface area (Å²) >= 11 is 0. The zero-order valence-corrected chi connectivity index (χ0v) is 16.7. The Morgan fingerprint density at radius 2 is 1.96 bits per heavy atom. The van der Waals surface area contributed by atoms with E-state index < -0.39 is 7.12 Å². The summed E-state index contributed by atoms with van der Waals surface area (Å²) in [5.74, 6) is 6.03. The van der Waals surface area contributed by atoms with Crippen LogP contribution in [0.1, 0.15) is 53.9 Å². The summed E-state index contributed by atoms with van der Waals surface area (Å²) < 4.78 is 23.2. The Balaban J connectivity index is 1.82. The molecule has 6 nitrogen and oxygen atoms in total. The van der Waals surface area contributed by atoms with E-state index in [4.69, 9.17) is 18.8 Å². The Bertz CT molecular complexity index is 558. The number of allylic oxidation sites excluding steroid dienone is 1. The normalized spacial score (nSPS) is 24.7. The maximum Gasteiger partial charge on any atom is 0.491 e. The first-order valence-corrected chi connectivity index (χ1v) is 9.21. The molecule has 2 aliphatic rings. The smallest absolute Gasteiger partial charge is 0.400 e. The minimum Gasteiger partial charge on any atom is -0.400 e. The van der Waals surface area contributed by atoms with Gasteiger partial charge in [0, 0.05) is 19.5 Å². The van der Waals surface area contributed by atoms with Crippen LogP contribution in [0.4, 0.5) is 0 Å². The maximum atomic E-state index is 6.03. The van der Waals surface area contributed by atoms with E-state index in [9.17, 15) is 0 Å². The highest BCUT2D eigenvalue weighted by molar-refractivity contribution is 6.54.